The van der Waals surface area contributed by atoms with Crippen LogP contribution >= 0.6 is 11.3 Å². The smallest absolute Gasteiger partial charge is 0.261 e. The predicted octanol–water partition coefficient (Wildman–Crippen LogP) is 2.71. The molecule has 3 rings (SSSR count). The molecule has 2 amide bonds. The van der Waals surface area contributed by atoms with Crippen LogP contribution in [0.1, 0.15) is 34.3 Å². The van der Waals surface area contributed by atoms with Gasteiger partial charge in [0.05, 0.1) is 10.5 Å². The number of carbonyl (C=O) groups is 2. The number of rotatable bonds is 4. The maximum atomic E-state index is 12.0. The molecule has 0 aliphatic carbocycles. The number of aromatic amines is 1. The molecule has 0 spiro atoms. The topological polar surface area (TPSA) is 74.0 Å². The van der Waals surface area contributed by atoms with Crippen LogP contribution in [0.4, 0.5) is 5.00 Å². The molecule has 0 saturated carbocycles. The lowest BCUT2D eigenvalue weighted by Gasteiger charge is -2.00. The number of thiophene rings is 1. The molecule has 2 aromatic heterocycles. The third-order valence-electron chi connectivity index (χ3n) is 3.18. The van der Waals surface area contributed by atoms with Gasteiger partial charge in [0, 0.05) is 24.0 Å². The van der Waals surface area contributed by atoms with Crippen LogP contribution in [0.5, 0.6) is 0 Å². The Morgan fingerprint density at radius 2 is 2.33 bits per heavy atom. The molecule has 3 N–H and O–H groups in total. The molecule has 0 fully saturated rings. The first-order valence-electron chi connectivity index (χ1n) is 6.78. The van der Waals surface area contributed by atoms with Gasteiger partial charge in [-0.15, -0.1) is 11.3 Å². The SMILES string of the molecule is CCCNC(=O)c1cc2c(s1)NC(=O)C2=Cc1ccc[nH]1. The maximum Gasteiger partial charge on any atom is 0.261 e. The lowest BCUT2D eigenvalue weighted by atomic mass is 10.1. The van der Waals surface area contributed by atoms with E-state index in [-0.39, 0.29) is 11.8 Å². The van der Waals surface area contributed by atoms with E-state index in [0.29, 0.717) is 17.0 Å². The van der Waals surface area contributed by atoms with Crippen molar-refractivity contribution in [2.24, 2.45) is 0 Å². The van der Waals surface area contributed by atoms with Crippen LogP contribution in [-0.4, -0.2) is 23.3 Å². The summed E-state index contributed by atoms with van der Waals surface area (Å²) in [6.45, 7) is 2.66. The number of H-pyrrole nitrogens is 1. The first-order chi connectivity index (χ1) is 10.2. The average Bonchev–Trinajstić information content (AvgIpc) is 3.15. The van der Waals surface area contributed by atoms with Crippen LogP contribution in [0.3, 0.4) is 0 Å². The minimum Gasteiger partial charge on any atom is -0.362 e. The van der Waals surface area contributed by atoms with Gasteiger partial charge in [0.25, 0.3) is 11.8 Å². The van der Waals surface area contributed by atoms with E-state index in [1.54, 1.807) is 18.3 Å². The van der Waals surface area contributed by atoms with E-state index >= 15 is 0 Å². The van der Waals surface area contributed by atoms with Crippen LogP contribution in [0, 0.1) is 0 Å². The Bertz CT molecular complexity index is 713. The molecule has 0 radical (unpaired) electrons. The van der Waals surface area contributed by atoms with Crippen LogP contribution in [-0.2, 0) is 4.79 Å². The number of hydrogen-bond donors (Lipinski definition) is 3. The molecular weight excluding hydrogens is 286 g/mol. The Morgan fingerprint density at radius 1 is 1.48 bits per heavy atom. The van der Waals surface area contributed by atoms with Crippen molar-refractivity contribution in [1.82, 2.24) is 10.3 Å². The second-order valence-electron chi connectivity index (χ2n) is 4.75. The lowest BCUT2D eigenvalue weighted by molar-refractivity contribution is -0.110. The van der Waals surface area contributed by atoms with E-state index < -0.39 is 0 Å². The van der Waals surface area contributed by atoms with Crippen LogP contribution in [0.25, 0.3) is 11.6 Å². The first kappa shape index (κ1) is 13.6. The standard InChI is InChI=1S/C15H15N3O2S/c1-2-5-17-14(20)12-8-11-10(7-9-4-3-6-16-9)13(19)18-15(11)21-12/h3-4,6-8,16H,2,5H2,1H3,(H,17,20)(H,18,19). The summed E-state index contributed by atoms with van der Waals surface area (Å²) >= 11 is 1.31. The molecule has 0 bridgehead atoms. The Balaban J connectivity index is 1.90. The van der Waals surface area contributed by atoms with Crippen molar-refractivity contribution >= 4 is 39.8 Å². The number of nitrogens with one attached hydrogen (secondary N) is 3. The number of carbonyl (C=O) groups excluding carboxylic acids is 2. The Kier molecular flexibility index (Phi) is 3.62. The van der Waals surface area contributed by atoms with E-state index in [9.17, 15) is 9.59 Å². The Hall–Kier alpha value is -2.34. The van der Waals surface area contributed by atoms with Gasteiger partial charge in [-0.3, -0.25) is 9.59 Å². The number of anilines is 1. The van der Waals surface area contributed by atoms with E-state index in [2.05, 4.69) is 15.6 Å². The number of hydrogen-bond acceptors (Lipinski definition) is 3. The fourth-order valence-electron chi connectivity index (χ4n) is 2.15. The van der Waals surface area contributed by atoms with E-state index in [0.717, 1.165) is 22.7 Å². The fraction of sp³-hybridized carbons (Fsp3) is 0.200. The van der Waals surface area contributed by atoms with Crippen molar-refractivity contribution in [3.63, 3.8) is 0 Å². The highest BCUT2D eigenvalue weighted by Gasteiger charge is 2.28. The normalized spacial score (nSPS) is 15.1. The van der Waals surface area contributed by atoms with Gasteiger partial charge in [-0.05, 0) is 30.7 Å². The molecule has 3 heterocycles. The van der Waals surface area contributed by atoms with Crippen molar-refractivity contribution in [2.75, 3.05) is 11.9 Å². The van der Waals surface area contributed by atoms with Crippen molar-refractivity contribution < 1.29 is 9.59 Å². The van der Waals surface area contributed by atoms with Gasteiger partial charge in [0.1, 0.15) is 5.00 Å². The average molecular weight is 301 g/mol. The molecule has 0 aromatic carbocycles. The van der Waals surface area contributed by atoms with Crippen molar-refractivity contribution in [1.29, 1.82) is 0 Å². The number of fused-ring (bicyclic) bond motifs is 1. The number of amides is 2. The predicted molar refractivity (Wildman–Crippen MR) is 84.2 cm³/mol. The van der Waals surface area contributed by atoms with Gasteiger partial charge in [0.15, 0.2) is 0 Å². The van der Waals surface area contributed by atoms with Gasteiger partial charge < -0.3 is 15.6 Å². The van der Waals surface area contributed by atoms with Crippen LogP contribution < -0.4 is 10.6 Å². The van der Waals surface area contributed by atoms with Gasteiger partial charge >= 0.3 is 0 Å². The Labute approximate surface area is 126 Å². The lowest BCUT2D eigenvalue weighted by Crippen LogP contribution is -2.23. The molecule has 108 valence electrons. The van der Waals surface area contributed by atoms with Gasteiger partial charge in [-0.25, -0.2) is 0 Å². The monoisotopic (exact) mass is 301 g/mol. The summed E-state index contributed by atoms with van der Waals surface area (Å²) in [4.78, 5) is 27.6. The molecule has 5 nitrogen and oxygen atoms in total. The minimum atomic E-state index is -0.133. The fourth-order valence-corrected chi connectivity index (χ4v) is 3.13. The summed E-state index contributed by atoms with van der Waals surface area (Å²) in [6.07, 6.45) is 4.49. The first-order valence-corrected chi connectivity index (χ1v) is 7.59. The second kappa shape index (κ2) is 5.57. The van der Waals surface area contributed by atoms with Gasteiger partial charge in [-0.2, -0.15) is 0 Å². The maximum absolute atomic E-state index is 12.0. The molecule has 1 aliphatic rings. The third kappa shape index (κ3) is 2.62. The highest BCUT2D eigenvalue weighted by Crippen LogP contribution is 2.39. The van der Waals surface area contributed by atoms with E-state index in [1.807, 2.05) is 19.1 Å². The van der Waals surface area contributed by atoms with E-state index in [4.69, 9.17) is 0 Å². The summed E-state index contributed by atoms with van der Waals surface area (Å²) < 4.78 is 0. The van der Waals surface area contributed by atoms with Crippen molar-refractivity contribution in [3.05, 3.63) is 40.5 Å². The number of aromatic nitrogens is 1. The Morgan fingerprint density at radius 3 is 3.05 bits per heavy atom. The van der Waals surface area contributed by atoms with Crippen LogP contribution in [0.2, 0.25) is 0 Å². The highest BCUT2D eigenvalue weighted by molar-refractivity contribution is 7.18. The summed E-state index contributed by atoms with van der Waals surface area (Å²) in [7, 11) is 0. The molecule has 0 saturated heterocycles. The quantitative estimate of drug-likeness (QED) is 0.760. The van der Waals surface area contributed by atoms with Gasteiger partial charge in [0.2, 0.25) is 0 Å². The van der Waals surface area contributed by atoms with Crippen molar-refractivity contribution in [2.45, 2.75) is 13.3 Å². The summed E-state index contributed by atoms with van der Waals surface area (Å²) in [5, 5.41) is 6.39. The highest BCUT2D eigenvalue weighted by atomic mass is 32.1. The summed E-state index contributed by atoms with van der Waals surface area (Å²) in [5.41, 5.74) is 2.23. The zero-order valence-electron chi connectivity index (χ0n) is 11.5. The summed E-state index contributed by atoms with van der Waals surface area (Å²) in [5.74, 6) is -0.226. The molecule has 2 aromatic rings. The van der Waals surface area contributed by atoms with Crippen LogP contribution in [0.15, 0.2) is 24.4 Å². The molecule has 0 atom stereocenters. The van der Waals surface area contributed by atoms with E-state index in [1.165, 1.54) is 11.3 Å². The largest absolute Gasteiger partial charge is 0.362 e. The molecular formula is C15H15N3O2S. The molecule has 0 unspecified atom stereocenters. The van der Waals surface area contributed by atoms with Gasteiger partial charge in [-0.1, -0.05) is 6.92 Å². The van der Waals surface area contributed by atoms with Crippen molar-refractivity contribution in [3.8, 4) is 0 Å². The molecule has 21 heavy (non-hydrogen) atoms. The zero-order valence-corrected chi connectivity index (χ0v) is 12.3. The third-order valence-corrected chi connectivity index (χ3v) is 4.22. The minimum absolute atomic E-state index is 0.0928. The molecule has 6 heteroatoms. The second-order valence-corrected chi connectivity index (χ2v) is 5.80. The summed E-state index contributed by atoms with van der Waals surface area (Å²) in [6, 6.07) is 5.54. The zero-order chi connectivity index (χ0) is 14.8. The molecule has 1 aliphatic heterocycles.